The van der Waals surface area contributed by atoms with Crippen molar-refractivity contribution in [3.63, 3.8) is 0 Å². The smallest absolute Gasteiger partial charge is 0.221 e. The highest BCUT2D eigenvalue weighted by molar-refractivity contribution is 5.76. The first-order valence-corrected chi connectivity index (χ1v) is 5.89. The fourth-order valence-electron chi connectivity index (χ4n) is 1.57. The van der Waals surface area contributed by atoms with Gasteiger partial charge in [0.15, 0.2) is 0 Å². The number of hydrogen-bond acceptors (Lipinski definition) is 3. The van der Waals surface area contributed by atoms with E-state index < -0.39 is 0 Å². The number of nitrogens with two attached hydrogens (primary N) is 1. The average Bonchev–Trinajstić information content (AvgIpc) is 2.30. The van der Waals surface area contributed by atoms with Crippen LogP contribution < -0.4 is 15.8 Å². The number of carbonyl (C=O) groups excluding carboxylic acids is 1. The van der Waals surface area contributed by atoms with E-state index in [1.807, 2.05) is 38.1 Å². The molecule has 0 spiro atoms. The Labute approximate surface area is 102 Å². The first kappa shape index (κ1) is 13.5. The summed E-state index contributed by atoms with van der Waals surface area (Å²) in [6.07, 6.45) is 0.357. The summed E-state index contributed by atoms with van der Waals surface area (Å²) in [6, 6.07) is 7.70. The predicted octanol–water partition coefficient (Wildman–Crippen LogP) is 1.61. The number of carbonyl (C=O) groups is 1. The van der Waals surface area contributed by atoms with Crippen LogP contribution in [0.1, 0.15) is 31.9 Å². The van der Waals surface area contributed by atoms with E-state index in [1.54, 1.807) is 0 Å². The third-order valence-electron chi connectivity index (χ3n) is 2.42. The standard InChI is InChI=1S/C13H20N2O2/c1-3-17-12-6-4-5-11(9-12)10(2)15-13(16)7-8-14/h4-6,9-10H,3,7-8,14H2,1-2H3,(H,15,16). The molecule has 0 aliphatic carbocycles. The molecule has 4 heteroatoms. The van der Waals surface area contributed by atoms with Gasteiger partial charge in [0.2, 0.25) is 5.91 Å². The van der Waals surface area contributed by atoms with E-state index in [4.69, 9.17) is 10.5 Å². The Morgan fingerprint density at radius 2 is 2.29 bits per heavy atom. The van der Waals surface area contributed by atoms with Crippen LogP contribution in [0, 0.1) is 0 Å². The van der Waals surface area contributed by atoms with Crippen LogP contribution in [0.3, 0.4) is 0 Å². The molecule has 1 unspecified atom stereocenters. The van der Waals surface area contributed by atoms with E-state index in [2.05, 4.69) is 5.32 Å². The van der Waals surface area contributed by atoms with Crippen molar-refractivity contribution >= 4 is 5.91 Å². The molecular weight excluding hydrogens is 216 g/mol. The highest BCUT2D eigenvalue weighted by atomic mass is 16.5. The number of rotatable bonds is 6. The third-order valence-corrected chi connectivity index (χ3v) is 2.42. The normalized spacial score (nSPS) is 11.9. The molecule has 0 radical (unpaired) electrons. The van der Waals surface area contributed by atoms with Crippen molar-refractivity contribution in [2.45, 2.75) is 26.3 Å². The van der Waals surface area contributed by atoms with Crippen LogP contribution in [-0.4, -0.2) is 19.1 Å². The zero-order chi connectivity index (χ0) is 12.7. The van der Waals surface area contributed by atoms with Crippen molar-refractivity contribution in [1.29, 1.82) is 0 Å². The number of hydrogen-bond donors (Lipinski definition) is 2. The average molecular weight is 236 g/mol. The maximum absolute atomic E-state index is 11.4. The third kappa shape index (κ3) is 4.44. The summed E-state index contributed by atoms with van der Waals surface area (Å²) < 4.78 is 5.42. The van der Waals surface area contributed by atoms with Crippen molar-refractivity contribution in [1.82, 2.24) is 5.32 Å². The lowest BCUT2D eigenvalue weighted by Crippen LogP contribution is -2.28. The zero-order valence-corrected chi connectivity index (χ0v) is 10.4. The van der Waals surface area contributed by atoms with E-state index >= 15 is 0 Å². The molecule has 0 fully saturated rings. The Hall–Kier alpha value is -1.55. The van der Waals surface area contributed by atoms with Gasteiger partial charge in [-0.1, -0.05) is 12.1 Å². The molecule has 1 aromatic carbocycles. The van der Waals surface area contributed by atoms with Crippen molar-refractivity contribution in [2.75, 3.05) is 13.2 Å². The molecule has 0 aliphatic heterocycles. The van der Waals surface area contributed by atoms with Gasteiger partial charge in [-0.2, -0.15) is 0 Å². The number of ether oxygens (including phenoxy) is 1. The molecule has 0 aliphatic rings. The van der Waals surface area contributed by atoms with Crippen molar-refractivity contribution in [3.8, 4) is 5.75 Å². The van der Waals surface area contributed by atoms with E-state index in [0.29, 0.717) is 19.6 Å². The van der Waals surface area contributed by atoms with Crippen LogP contribution in [0.25, 0.3) is 0 Å². The first-order chi connectivity index (χ1) is 8.17. The Morgan fingerprint density at radius 1 is 1.53 bits per heavy atom. The van der Waals surface area contributed by atoms with Gasteiger partial charge in [0.05, 0.1) is 12.6 Å². The van der Waals surface area contributed by atoms with Crippen molar-refractivity contribution in [3.05, 3.63) is 29.8 Å². The molecule has 94 valence electrons. The van der Waals surface area contributed by atoms with Crippen molar-refractivity contribution in [2.24, 2.45) is 5.73 Å². The van der Waals surface area contributed by atoms with Crippen LogP contribution in [0.5, 0.6) is 5.75 Å². The Kier molecular flexibility index (Phi) is 5.49. The first-order valence-electron chi connectivity index (χ1n) is 5.89. The quantitative estimate of drug-likeness (QED) is 0.788. The Morgan fingerprint density at radius 3 is 2.94 bits per heavy atom. The van der Waals surface area contributed by atoms with E-state index in [-0.39, 0.29) is 11.9 Å². The summed E-state index contributed by atoms with van der Waals surface area (Å²) in [5.74, 6) is 0.798. The summed E-state index contributed by atoms with van der Waals surface area (Å²) in [5, 5.41) is 2.89. The van der Waals surface area contributed by atoms with Gasteiger partial charge in [0, 0.05) is 13.0 Å². The second-order valence-corrected chi connectivity index (χ2v) is 3.83. The molecule has 4 nitrogen and oxygen atoms in total. The summed E-state index contributed by atoms with van der Waals surface area (Å²) in [6.45, 7) is 4.90. The lowest BCUT2D eigenvalue weighted by molar-refractivity contribution is -0.121. The molecule has 17 heavy (non-hydrogen) atoms. The zero-order valence-electron chi connectivity index (χ0n) is 10.4. The minimum Gasteiger partial charge on any atom is -0.494 e. The van der Waals surface area contributed by atoms with Gasteiger partial charge >= 0.3 is 0 Å². The molecule has 0 aromatic heterocycles. The van der Waals surface area contributed by atoms with Gasteiger partial charge in [0.25, 0.3) is 0 Å². The molecule has 3 N–H and O–H groups in total. The Bertz CT molecular complexity index is 366. The van der Waals surface area contributed by atoms with Gasteiger partial charge in [-0.05, 0) is 31.5 Å². The largest absolute Gasteiger partial charge is 0.494 e. The number of amides is 1. The predicted molar refractivity (Wildman–Crippen MR) is 67.8 cm³/mol. The van der Waals surface area contributed by atoms with Gasteiger partial charge in [0.1, 0.15) is 5.75 Å². The Balaban J connectivity index is 2.64. The lowest BCUT2D eigenvalue weighted by atomic mass is 10.1. The summed E-state index contributed by atoms with van der Waals surface area (Å²) in [5.41, 5.74) is 6.36. The van der Waals surface area contributed by atoms with E-state index in [9.17, 15) is 4.79 Å². The van der Waals surface area contributed by atoms with Crippen LogP contribution in [0.4, 0.5) is 0 Å². The summed E-state index contributed by atoms with van der Waals surface area (Å²) in [7, 11) is 0. The highest BCUT2D eigenvalue weighted by Gasteiger charge is 2.09. The van der Waals surface area contributed by atoms with Gasteiger partial charge in [-0.15, -0.1) is 0 Å². The molecule has 0 saturated heterocycles. The lowest BCUT2D eigenvalue weighted by Gasteiger charge is -2.15. The van der Waals surface area contributed by atoms with Gasteiger partial charge < -0.3 is 15.8 Å². The molecule has 1 rings (SSSR count). The molecule has 0 heterocycles. The van der Waals surface area contributed by atoms with E-state index in [0.717, 1.165) is 11.3 Å². The van der Waals surface area contributed by atoms with Crippen molar-refractivity contribution < 1.29 is 9.53 Å². The molecule has 1 amide bonds. The molecule has 0 bridgehead atoms. The van der Waals surface area contributed by atoms with E-state index in [1.165, 1.54) is 0 Å². The van der Waals surface area contributed by atoms with Crippen LogP contribution in [-0.2, 0) is 4.79 Å². The van der Waals surface area contributed by atoms with Gasteiger partial charge in [-0.3, -0.25) is 4.79 Å². The molecular formula is C13H20N2O2. The monoisotopic (exact) mass is 236 g/mol. The van der Waals surface area contributed by atoms with Gasteiger partial charge in [-0.25, -0.2) is 0 Å². The summed E-state index contributed by atoms with van der Waals surface area (Å²) >= 11 is 0. The SMILES string of the molecule is CCOc1cccc(C(C)NC(=O)CCN)c1. The topological polar surface area (TPSA) is 64.3 Å². The van der Waals surface area contributed by atoms with Crippen LogP contribution in [0.2, 0.25) is 0 Å². The van der Waals surface area contributed by atoms with Crippen LogP contribution >= 0.6 is 0 Å². The second-order valence-electron chi connectivity index (χ2n) is 3.83. The summed E-state index contributed by atoms with van der Waals surface area (Å²) in [4.78, 5) is 11.4. The minimum absolute atomic E-state index is 0.0261. The molecule has 0 saturated carbocycles. The maximum atomic E-state index is 11.4. The van der Waals surface area contributed by atoms with Crippen LogP contribution in [0.15, 0.2) is 24.3 Å². The second kappa shape index (κ2) is 6.91. The fraction of sp³-hybridized carbons (Fsp3) is 0.462. The molecule has 1 atom stereocenters. The fourth-order valence-corrected chi connectivity index (χ4v) is 1.57. The highest BCUT2D eigenvalue weighted by Crippen LogP contribution is 2.19. The maximum Gasteiger partial charge on any atom is 0.221 e. The number of nitrogens with one attached hydrogen (secondary N) is 1. The minimum atomic E-state index is -0.0329. The number of benzene rings is 1. The molecule has 1 aromatic rings.